The number of aliphatic hydroxyl groups is 1. The normalized spacial score (nSPS) is 29.5. The van der Waals surface area contributed by atoms with Crippen LogP contribution in [0.4, 0.5) is 0 Å². The van der Waals surface area contributed by atoms with E-state index in [9.17, 15) is 34.5 Å². The van der Waals surface area contributed by atoms with Crippen LogP contribution in [0.5, 0.6) is 11.8 Å². The number of nitrogens with zero attached hydrogens (tertiary/aromatic N) is 4. The number of aromatic nitrogens is 4. The molecule has 20 nitrogen and oxygen atoms in total. The molecule has 8 atom stereocenters. The van der Waals surface area contributed by atoms with E-state index >= 15 is 0 Å². The standard InChI is InChI=1S/C22H33N3O8.C12H17N3O6/c1-20(2,3)18(28)24-15(26)12-16(27)25(10-23-12)17-14-13(32-22(7,8)33-14)11(31-17)9-30-19(29)21(4,5)6;1-12(2)20-7-5(3-16)19-11(8(7)21-12)15-4-14-6(9(13)17)10(15)18/h10-11,13-14,17,27H,9H2,1-8H3,(H,24,26,28);4-5,7-8,11,16,18H,3H2,1-2H3,(H2,13,17)/t11-,13?,14-,17-;5-,7?,8-,11-/m11/s1. The van der Waals surface area contributed by atoms with Crippen LogP contribution in [0.2, 0.25) is 0 Å². The van der Waals surface area contributed by atoms with Gasteiger partial charge in [-0.25, -0.2) is 9.97 Å². The fourth-order valence-corrected chi connectivity index (χ4v) is 6.19. The fourth-order valence-electron chi connectivity index (χ4n) is 6.19. The predicted molar refractivity (Wildman–Crippen MR) is 181 cm³/mol. The minimum atomic E-state index is -0.931. The number of fused-ring (bicyclic) bond motifs is 2. The van der Waals surface area contributed by atoms with Crippen molar-refractivity contribution in [2.45, 2.75) is 130 Å². The maximum absolute atomic E-state index is 12.5. The van der Waals surface area contributed by atoms with Crippen LogP contribution in [-0.4, -0.2) is 120 Å². The van der Waals surface area contributed by atoms with Crippen molar-refractivity contribution in [3.8, 4) is 11.8 Å². The molecule has 300 valence electrons. The van der Waals surface area contributed by atoms with E-state index in [4.69, 9.17) is 38.9 Å². The van der Waals surface area contributed by atoms with Crippen molar-refractivity contribution >= 4 is 23.7 Å². The number of rotatable bonds is 7. The van der Waals surface area contributed by atoms with E-state index in [0.29, 0.717) is 0 Å². The molecular formula is C34H50N6O14. The first-order chi connectivity index (χ1) is 24.8. The summed E-state index contributed by atoms with van der Waals surface area (Å²) in [4.78, 5) is 55.7. The Hall–Kier alpha value is -4.18. The highest BCUT2D eigenvalue weighted by Crippen LogP contribution is 2.46. The molecule has 20 heteroatoms. The number of aromatic hydroxyl groups is 2. The largest absolute Gasteiger partial charge is 0.493 e. The van der Waals surface area contributed by atoms with Gasteiger partial charge in [0.1, 0.15) is 55.9 Å². The molecule has 0 aromatic carbocycles. The van der Waals surface area contributed by atoms with Crippen LogP contribution < -0.4 is 11.1 Å². The first-order valence-electron chi connectivity index (χ1n) is 17.3. The van der Waals surface area contributed by atoms with Gasteiger partial charge in [0.2, 0.25) is 17.7 Å². The number of carbonyl (C=O) groups is 4. The molecule has 2 unspecified atom stereocenters. The van der Waals surface area contributed by atoms with Gasteiger partial charge in [-0.1, -0.05) is 20.8 Å². The van der Waals surface area contributed by atoms with E-state index in [2.05, 4.69) is 15.3 Å². The number of nitrogens with one attached hydrogen (secondary N) is 1. The Morgan fingerprint density at radius 3 is 1.67 bits per heavy atom. The number of hydrogen-bond acceptors (Lipinski definition) is 16. The second kappa shape index (κ2) is 14.5. The third-order valence-electron chi connectivity index (χ3n) is 8.86. The summed E-state index contributed by atoms with van der Waals surface area (Å²) in [6.45, 7) is 16.9. The zero-order valence-electron chi connectivity index (χ0n) is 31.9. The number of primary amides is 1. The van der Waals surface area contributed by atoms with Crippen LogP contribution in [0.3, 0.4) is 0 Å². The summed E-state index contributed by atoms with van der Waals surface area (Å²) in [5, 5.41) is 32.3. The van der Waals surface area contributed by atoms with Gasteiger partial charge in [0.15, 0.2) is 35.4 Å². The number of esters is 1. The SMILES string of the molecule is CC1(C)OC2[C@@H](O1)[C@H](n1cnc(C(=O)NC(=O)C(C)(C)C)c1O)O[C@@H]2COC(=O)C(C)(C)C.CC1(C)OC2[C@@H](O1)[C@H](n1cnc(C(N)=O)c1O)O[C@@H]2CO. The molecule has 54 heavy (non-hydrogen) atoms. The number of aliphatic hydroxyl groups excluding tert-OH is 1. The summed E-state index contributed by atoms with van der Waals surface area (Å²) < 4.78 is 43.0. The molecule has 4 saturated heterocycles. The average Bonchev–Trinajstić information content (AvgIpc) is 3.87. The Labute approximate surface area is 311 Å². The van der Waals surface area contributed by atoms with Gasteiger partial charge in [-0.15, -0.1) is 0 Å². The number of nitrogens with two attached hydrogens (primary N) is 1. The smallest absolute Gasteiger partial charge is 0.311 e. The van der Waals surface area contributed by atoms with Crippen molar-refractivity contribution in [2.75, 3.05) is 13.2 Å². The highest BCUT2D eigenvalue weighted by Gasteiger charge is 2.58. The Morgan fingerprint density at radius 1 is 0.778 bits per heavy atom. The van der Waals surface area contributed by atoms with Crippen LogP contribution >= 0.6 is 0 Å². The molecule has 2 aromatic heterocycles. The highest BCUT2D eigenvalue weighted by molar-refractivity contribution is 6.06. The molecular weight excluding hydrogens is 716 g/mol. The van der Waals surface area contributed by atoms with Gasteiger partial charge >= 0.3 is 5.97 Å². The molecule has 0 spiro atoms. The molecule has 3 amide bonds. The number of ether oxygens (including phenoxy) is 7. The summed E-state index contributed by atoms with van der Waals surface area (Å²) in [5.41, 5.74) is 3.06. The van der Waals surface area contributed by atoms with E-state index in [1.54, 1.807) is 69.2 Å². The van der Waals surface area contributed by atoms with Gasteiger partial charge in [0, 0.05) is 5.41 Å². The monoisotopic (exact) mass is 766 g/mol. The lowest BCUT2D eigenvalue weighted by molar-refractivity contribution is -0.204. The third kappa shape index (κ3) is 8.24. The molecule has 4 aliphatic heterocycles. The lowest BCUT2D eigenvalue weighted by Crippen LogP contribution is -2.39. The van der Waals surface area contributed by atoms with Crippen LogP contribution in [0.15, 0.2) is 12.7 Å². The molecule has 6 N–H and O–H groups in total. The molecule has 4 aliphatic rings. The Balaban J connectivity index is 0.000000228. The number of imide groups is 1. The van der Waals surface area contributed by atoms with Crippen LogP contribution in [0.25, 0.3) is 0 Å². The molecule has 0 saturated carbocycles. The fraction of sp³-hybridized carbons (Fsp3) is 0.706. The molecule has 2 aromatic rings. The molecule has 0 radical (unpaired) electrons. The summed E-state index contributed by atoms with van der Waals surface area (Å²) in [5.74, 6) is -5.22. The van der Waals surface area contributed by atoms with E-state index in [-0.39, 0.29) is 24.6 Å². The molecule has 6 heterocycles. The lowest BCUT2D eigenvalue weighted by Gasteiger charge is -2.25. The highest BCUT2D eigenvalue weighted by atomic mass is 16.8. The van der Waals surface area contributed by atoms with Gasteiger partial charge in [-0.3, -0.25) is 33.6 Å². The second-order valence-corrected chi connectivity index (χ2v) is 16.3. The number of amides is 3. The molecule has 0 bridgehead atoms. The van der Waals surface area contributed by atoms with Crippen molar-refractivity contribution < 1.29 is 67.7 Å². The zero-order valence-corrected chi connectivity index (χ0v) is 31.9. The maximum atomic E-state index is 12.5. The summed E-state index contributed by atoms with van der Waals surface area (Å²) in [6, 6.07) is 0. The van der Waals surface area contributed by atoms with Crippen molar-refractivity contribution in [1.29, 1.82) is 0 Å². The number of hydrogen-bond donors (Lipinski definition) is 5. The molecule has 6 rings (SSSR count). The molecule has 0 aliphatic carbocycles. The molecule has 4 fully saturated rings. The van der Waals surface area contributed by atoms with Crippen molar-refractivity contribution in [3.63, 3.8) is 0 Å². The topological polar surface area (TPSA) is 267 Å². The summed E-state index contributed by atoms with van der Waals surface area (Å²) >= 11 is 0. The van der Waals surface area contributed by atoms with Crippen LogP contribution in [-0.2, 0) is 42.7 Å². The van der Waals surface area contributed by atoms with Gasteiger partial charge < -0.3 is 54.2 Å². The third-order valence-corrected chi connectivity index (χ3v) is 8.86. The first-order valence-corrected chi connectivity index (χ1v) is 17.3. The zero-order chi connectivity index (χ0) is 40.3. The van der Waals surface area contributed by atoms with Crippen molar-refractivity contribution in [2.24, 2.45) is 16.6 Å². The van der Waals surface area contributed by atoms with E-state index in [0.717, 1.165) is 0 Å². The average molecular weight is 767 g/mol. The van der Waals surface area contributed by atoms with Gasteiger partial charge in [-0.2, -0.15) is 0 Å². The lowest BCUT2D eigenvalue weighted by atomic mass is 9.96. The minimum absolute atomic E-state index is 0.0733. The summed E-state index contributed by atoms with van der Waals surface area (Å²) in [7, 11) is 0. The van der Waals surface area contributed by atoms with Gasteiger partial charge in [-0.05, 0) is 48.5 Å². The second-order valence-electron chi connectivity index (χ2n) is 16.3. The van der Waals surface area contributed by atoms with E-state index in [1.807, 2.05) is 0 Å². The van der Waals surface area contributed by atoms with Gasteiger partial charge in [0.25, 0.3) is 11.8 Å². The Kier molecular flexibility index (Phi) is 11.0. The van der Waals surface area contributed by atoms with Crippen molar-refractivity contribution in [3.05, 3.63) is 24.0 Å². The maximum Gasteiger partial charge on any atom is 0.311 e. The van der Waals surface area contributed by atoms with E-state index < -0.39 is 107 Å². The van der Waals surface area contributed by atoms with Gasteiger partial charge in [0.05, 0.1) is 12.0 Å². The predicted octanol–water partition coefficient (Wildman–Crippen LogP) is 0.995. The van der Waals surface area contributed by atoms with Crippen molar-refractivity contribution in [1.82, 2.24) is 24.4 Å². The first kappa shape index (κ1) is 41.0. The quantitative estimate of drug-likeness (QED) is 0.246. The number of carbonyl (C=O) groups excluding carboxylic acids is 4. The Morgan fingerprint density at radius 2 is 1.22 bits per heavy atom. The minimum Gasteiger partial charge on any atom is -0.493 e. The summed E-state index contributed by atoms with van der Waals surface area (Å²) in [6.07, 6.45) is -2.74. The van der Waals surface area contributed by atoms with Crippen LogP contribution in [0, 0.1) is 10.8 Å². The number of imidazole rings is 2. The Bertz CT molecular complexity index is 1760. The van der Waals surface area contributed by atoms with E-state index in [1.165, 1.54) is 21.8 Å². The van der Waals surface area contributed by atoms with Crippen LogP contribution in [0.1, 0.15) is 103 Å².